The predicted molar refractivity (Wildman–Crippen MR) is 70.4 cm³/mol. The Hall–Kier alpha value is -1.70. The van der Waals surface area contributed by atoms with Gasteiger partial charge in [-0.15, -0.1) is 0 Å². The van der Waals surface area contributed by atoms with Gasteiger partial charge < -0.3 is 10.1 Å². The van der Waals surface area contributed by atoms with E-state index in [2.05, 4.69) is 21.2 Å². The average Bonchev–Trinajstić information content (AvgIpc) is 2.74. The summed E-state index contributed by atoms with van der Waals surface area (Å²) in [7, 11) is 0. The second-order valence-electron chi connectivity index (χ2n) is 4.28. The first-order valence-corrected chi connectivity index (χ1v) is 6.55. The van der Waals surface area contributed by atoms with Gasteiger partial charge in [0.05, 0.1) is 23.2 Å². The van der Waals surface area contributed by atoms with E-state index < -0.39 is 23.8 Å². The number of nitrogens with zero attached hydrogens (tertiary/aromatic N) is 1. The molecule has 1 aliphatic heterocycles. The van der Waals surface area contributed by atoms with Gasteiger partial charge in [0.25, 0.3) is 0 Å². The second kappa shape index (κ2) is 5.74. The lowest BCUT2D eigenvalue weighted by molar-refractivity contribution is -0.119. The van der Waals surface area contributed by atoms with Gasteiger partial charge in [0.1, 0.15) is 17.7 Å². The summed E-state index contributed by atoms with van der Waals surface area (Å²) in [5.74, 6) is -1.86. The van der Waals surface area contributed by atoms with Crippen LogP contribution >= 0.6 is 15.9 Å². The summed E-state index contributed by atoms with van der Waals surface area (Å²) in [6, 6.07) is 2.07. The van der Waals surface area contributed by atoms with Gasteiger partial charge in [0.15, 0.2) is 0 Å². The number of ether oxygens (including phenoxy) is 1. The second-order valence-corrected chi connectivity index (χ2v) is 5.07. The number of hydrogen-bond acceptors (Lipinski definition) is 3. The predicted octanol–water partition coefficient (Wildman–Crippen LogP) is 2.19. The van der Waals surface area contributed by atoms with Gasteiger partial charge in [0, 0.05) is 6.92 Å². The lowest BCUT2D eigenvalue weighted by Gasteiger charge is -2.14. The minimum Gasteiger partial charge on any atom is -0.442 e. The minimum atomic E-state index is -0.807. The lowest BCUT2D eigenvalue weighted by Crippen LogP contribution is -2.33. The number of carbonyl (C=O) groups is 2. The first-order valence-electron chi connectivity index (χ1n) is 5.75. The van der Waals surface area contributed by atoms with Crippen molar-refractivity contribution in [2.45, 2.75) is 13.0 Å². The zero-order valence-corrected chi connectivity index (χ0v) is 12.0. The van der Waals surface area contributed by atoms with Crippen LogP contribution in [0, 0.1) is 11.6 Å². The number of carbonyl (C=O) groups excluding carboxylic acids is 2. The van der Waals surface area contributed by atoms with Gasteiger partial charge in [0.2, 0.25) is 5.91 Å². The van der Waals surface area contributed by atoms with Crippen molar-refractivity contribution in [3.63, 3.8) is 0 Å². The summed E-state index contributed by atoms with van der Waals surface area (Å²) < 4.78 is 31.6. The van der Waals surface area contributed by atoms with Crippen LogP contribution in [0.1, 0.15) is 6.92 Å². The number of cyclic esters (lactones) is 1. The SMILES string of the molecule is CC(=O)NCC1CN(c2cc(F)c(Br)c(F)c2)C(=O)O1. The van der Waals surface area contributed by atoms with E-state index >= 15 is 0 Å². The van der Waals surface area contributed by atoms with Crippen LogP contribution < -0.4 is 10.2 Å². The van der Waals surface area contributed by atoms with Gasteiger partial charge in [-0.1, -0.05) is 0 Å². The molecule has 0 aliphatic carbocycles. The maximum atomic E-state index is 13.4. The Bertz CT molecular complexity index is 545. The van der Waals surface area contributed by atoms with E-state index in [1.54, 1.807) is 0 Å². The van der Waals surface area contributed by atoms with Crippen molar-refractivity contribution in [3.8, 4) is 0 Å². The fourth-order valence-corrected chi connectivity index (χ4v) is 2.02. The highest BCUT2D eigenvalue weighted by molar-refractivity contribution is 9.10. The number of benzene rings is 1. The Morgan fingerprint density at radius 3 is 2.65 bits per heavy atom. The third kappa shape index (κ3) is 3.06. The molecule has 0 saturated carbocycles. The Kier molecular flexibility index (Phi) is 4.22. The fourth-order valence-electron chi connectivity index (χ4n) is 1.79. The zero-order chi connectivity index (χ0) is 14.9. The van der Waals surface area contributed by atoms with E-state index in [1.165, 1.54) is 6.92 Å². The molecule has 2 amide bonds. The number of anilines is 1. The number of nitrogens with one attached hydrogen (secondary N) is 1. The van der Waals surface area contributed by atoms with E-state index in [4.69, 9.17) is 4.74 Å². The standard InChI is InChI=1S/C12H11BrF2N2O3/c1-6(18)16-4-8-5-17(12(19)20-8)7-2-9(14)11(13)10(15)3-7/h2-3,8H,4-5H2,1H3,(H,16,18). The van der Waals surface area contributed by atoms with Gasteiger partial charge >= 0.3 is 6.09 Å². The molecule has 1 fully saturated rings. The lowest BCUT2D eigenvalue weighted by atomic mass is 10.2. The van der Waals surface area contributed by atoms with Crippen LogP contribution in [-0.4, -0.2) is 31.2 Å². The Morgan fingerprint density at radius 1 is 1.50 bits per heavy atom. The maximum absolute atomic E-state index is 13.4. The summed E-state index contributed by atoms with van der Waals surface area (Å²) in [5.41, 5.74) is 0.0681. The molecule has 1 aliphatic rings. The van der Waals surface area contributed by atoms with E-state index in [0.717, 1.165) is 17.0 Å². The molecule has 1 N–H and O–H groups in total. The summed E-state index contributed by atoms with van der Waals surface area (Å²) in [4.78, 5) is 23.6. The molecule has 0 aromatic heterocycles. The molecule has 5 nitrogen and oxygen atoms in total. The molecule has 1 heterocycles. The molecule has 20 heavy (non-hydrogen) atoms. The summed E-state index contributed by atoms with van der Waals surface area (Å²) in [5, 5.41) is 2.51. The van der Waals surface area contributed by atoms with Gasteiger partial charge in [-0.3, -0.25) is 9.69 Å². The molecule has 8 heteroatoms. The highest BCUT2D eigenvalue weighted by Gasteiger charge is 2.33. The van der Waals surface area contributed by atoms with Crippen molar-refractivity contribution in [3.05, 3.63) is 28.2 Å². The zero-order valence-electron chi connectivity index (χ0n) is 10.5. The van der Waals surface area contributed by atoms with Crippen LogP contribution in [-0.2, 0) is 9.53 Å². The van der Waals surface area contributed by atoms with Crippen molar-refractivity contribution in [1.82, 2.24) is 5.32 Å². The van der Waals surface area contributed by atoms with Crippen LogP contribution in [0.2, 0.25) is 0 Å². The first kappa shape index (κ1) is 14.7. The molecule has 1 saturated heterocycles. The van der Waals surface area contributed by atoms with E-state index in [9.17, 15) is 18.4 Å². The van der Waals surface area contributed by atoms with E-state index in [0.29, 0.717) is 0 Å². The van der Waals surface area contributed by atoms with Crippen LogP contribution in [0.5, 0.6) is 0 Å². The van der Waals surface area contributed by atoms with E-state index in [-0.39, 0.29) is 29.2 Å². The topological polar surface area (TPSA) is 58.6 Å². The van der Waals surface area contributed by atoms with Crippen molar-refractivity contribution in [2.24, 2.45) is 0 Å². The van der Waals surface area contributed by atoms with Crippen molar-refractivity contribution in [1.29, 1.82) is 0 Å². The fraction of sp³-hybridized carbons (Fsp3) is 0.333. The van der Waals surface area contributed by atoms with Crippen LogP contribution in [0.3, 0.4) is 0 Å². The van der Waals surface area contributed by atoms with Crippen LogP contribution in [0.4, 0.5) is 19.3 Å². The number of amides is 2. The summed E-state index contributed by atoms with van der Waals surface area (Å²) in [6.45, 7) is 1.60. The molecule has 2 rings (SSSR count). The van der Waals surface area contributed by atoms with Crippen LogP contribution in [0.25, 0.3) is 0 Å². The minimum absolute atomic E-state index is 0.0681. The number of hydrogen-bond donors (Lipinski definition) is 1. The average molecular weight is 349 g/mol. The van der Waals surface area contributed by atoms with Gasteiger partial charge in [-0.05, 0) is 28.1 Å². The van der Waals surface area contributed by atoms with E-state index in [1.807, 2.05) is 0 Å². The molecule has 1 atom stereocenters. The van der Waals surface area contributed by atoms with Crippen molar-refractivity contribution < 1.29 is 23.1 Å². The molecular formula is C12H11BrF2N2O3. The molecule has 1 aromatic carbocycles. The first-order chi connectivity index (χ1) is 9.38. The summed E-state index contributed by atoms with van der Waals surface area (Å²) >= 11 is 2.76. The molecule has 0 radical (unpaired) electrons. The van der Waals surface area contributed by atoms with Crippen LogP contribution in [0.15, 0.2) is 16.6 Å². The Balaban J connectivity index is 2.14. The highest BCUT2D eigenvalue weighted by Crippen LogP contribution is 2.28. The van der Waals surface area contributed by atoms with Crippen molar-refractivity contribution in [2.75, 3.05) is 18.0 Å². The maximum Gasteiger partial charge on any atom is 0.414 e. The van der Waals surface area contributed by atoms with Crippen molar-refractivity contribution >= 4 is 33.6 Å². The Labute approximate surface area is 122 Å². The molecule has 0 bridgehead atoms. The molecule has 1 unspecified atom stereocenters. The summed E-state index contributed by atoms with van der Waals surface area (Å²) in [6.07, 6.45) is -1.26. The third-order valence-corrected chi connectivity index (χ3v) is 3.49. The molecular weight excluding hydrogens is 338 g/mol. The third-order valence-electron chi connectivity index (χ3n) is 2.73. The molecule has 108 valence electrons. The molecule has 1 aromatic rings. The van der Waals surface area contributed by atoms with Gasteiger partial charge in [-0.2, -0.15) is 0 Å². The largest absolute Gasteiger partial charge is 0.442 e. The quantitative estimate of drug-likeness (QED) is 0.852. The molecule has 0 spiro atoms. The highest BCUT2D eigenvalue weighted by atomic mass is 79.9. The Morgan fingerprint density at radius 2 is 2.10 bits per heavy atom. The van der Waals surface area contributed by atoms with Gasteiger partial charge in [-0.25, -0.2) is 13.6 Å². The number of rotatable bonds is 3. The smallest absolute Gasteiger partial charge is 0.414 e. The normalized spacial score (nSPS) is 18.1. The number of halogens is 3. The monoisotopic (exact) mass is 348 g/mol.